The lowest BCUT2D eigenvalue weighted by molar-refractivity contribution is 0.197. The highest BCUT2D eigenvalue weighted by atomic mass is 35.5. The van der Waals surface area contributed by atoms with Crippen LogP contribution in [0.2, 0.25) is 5.15 Å². The van der Waals surface area contributed by atoms with Crippen molar-refractivity contribution < 1.29 is 4.79 Å². The van der Waals surface area contributed by atoms with Crippen LogP contribution < -0.4 is 10.2 Å². The van der Waals surface area contributed by atoms with Gasteiger partial charge in [0.1, 0.15) is 0 Å². The molecule has 2 aliphatic heterocycles. The maximum atomic E-state index is 11.4. The third-order valence-corrected chi connectivity index (χ3v) is 3.38. The van der Waals surface area contributed by atoms with Gasteiger partial charge >= 0.3 is 6.03 Å². The van der Waals surface area contributed by atoms with Crippen molar-refractivity contribution in [3.05, 3.63) is 17.3 Å². The summed E-state index contributed by atoms with van der Waals surface area (Å²) in [6.07, 6.45) is 0. The molecule has 17 heavy (non-hydrogen) atoms. The van der Waals surface area contributed by atoms with Gasteiger partial charge in [0, 0.05) is 26.2 Å². The van der Waals surface area contributed by atoms with Gasteiger partial charge in [-0.05, 0) is 12.1 Å². The lowest BCUT2D eigenvalue weighted by Crippen LogP contribution is -2.52. The molecule has 1 aromatic rings. The number of aromatic nitrogens is 2. The van der Waals surface area contributed by atoms with Crippen molar-refractivity contribution in [2.24, 2.45) is 0 Å². The Hall–Kier alpha value is -1.56. The fraction of sp³-hybridized carbons (Fsp3) is 0.500. The highest BCUT2D eigenvalue weighted by molar-refractivity contribution is 6.29. The number of piperazine rings is 1. The van der Waals surface area contributed by atoms with Crippen LogP contribution in [0.15, 0.2) is 12.1 Å². The van der Waals surface area contributed by atoms with Crippen LogP contribution in [0.25, 0.3) is 0 Å². The maximum absolute atomic E-state index is 11.4. The van der Waals surface area contributed by atoms with Crippen LogP contribution in [0.1, 0.15) is 0 Å². The van der Waals surface area contributed by atoms with Gasteiger partial charge in [-0.3, -0.25) is 0 Å². The Balaban J connectivity index is 1.75. The number of halogens is 1. The Bertz CT molecular complexity index is 437. The van der Waals surface area contributed by atoms with E-state index in [4.69, 9.17) is 11.6 Å². The second-order valence-electron chi connectivity index (χ2n) is 4.19. The fourth-order valence-electron chi connectivity index (χ4n) is 2.29. The normalized spacial score (nSPS) is 23.6. The van der Waals surface area contributed by atoms with Crippen molar-refractivity contribution in [3.8, 4) is 0 Å². The van der Waals surface area contributed by atoms with E-state index >= 15 is 0 Å². The predicted molar refractivity (Wildman–Crippen MR) is 63.1 cm³/mol. The van der Waals surface area contributed by atoms with Crippen molar-refractivity contribution in [2.75, 3.05) is 31.1 Å². The Labute approximate surface area is 104 Å². The lowest BCUT2D eigenvalue weighted by Gasteiger charge is -2.36. The van der Waals surface area contributed by atoms with Gasteiger partial charge in [-0.1, -0.05) is 11.6 Å². The van der Waals surface area contributed by atoms with Gasteiger partial charge in [-0.2, -0.15) is 0 Å². The number of fused-ring (bicyclic) bond motifs is 1. The third kappa shape index (κ3) is 1.88. The Morgan fingerprint density at radius 1 is 1.35 bits per heavy atom. The molecule has 0 radical (unpaired) electrons. The molecule has 0 aromatic carbocycles. The van der Waals surface area contributed by atoms with Crippen LogP contribution in [0.3, 0.4) is 0 Å². The molecule has 90 valence electrons. The summed E-state index contributed by atoms with van der Waals surface area (Å²) in [7, 11) is 0. The summed E-state index contributed by atoms with van der Waals surface area (Å²) in [6.45, 7) is 2.99. The topological polar surface area (TPSA) is 61.4 Å². The van der Waals surface area contributed by atoms with E-state index in [0.29, 0.717) is 11.7 Å². The van der Waals surface area contributed by atoms with Crippen LogP contribution in [-0.2, 0) is 0 Å². The molecule has 2 fully saturated rings. The molecule has 0 saturated carbocycles. The lowest BCUT2D eigenvalue weighted by atomic mass is 10.2. The molecule has 0 spiro atoms. The molecule has 3 rings (SSSR count). The summed E-state index contributed by atoms with van der Waals surface area (Å²) in [4.78, 5) is 15.5. The SMILES string of the molecule is O=C1NCC2CN(c3ccc(Cl)nn3)CCN12. The van der Waals surface area contributed by atoms with Gasteiger partial charge in [0.2, 0.25) is 0 Å². The quantitative estimate of drug-likeness (QED) is 0.784. The zero-order chi connectivity index (χ0) is 11.8. The zero-order valence-electron chi connectivity index (χ0n) is 9.14. The van der Waals surface area contributed by atoms with Gasteiger partial charge < -0.3 is 15.1 Å². The molecule has 2 aliphatic rings. The molecule has 0 aliphatic carbocycles. The smallest absolute Gasteiger partial charge is 0.317 e. The number of rotatable bonds is 1. The van der Waals surface area contributed by atoms with Crippen LogP contribution in [0.5, 0.6) is 0 Å². The summed E-state index contributed by atoms with van der Waals surface area (Å²) in [5.74, 6) is 0.813. The van der Waals surface area contributed by atoms with Crippen LogP contribution in [0, 0.1) is 0 Å². The highest BCUT2D eigenvalue weighted by Crippen LogP contribution is 2.19. The molecule has 3 heterocycles. The molecule has 1 atom stereocenters. The summed E-state index contributed by atoms with van der Waals surface area (Å²) in [6, 6.07) is 3.86. The molecular formula is C10H12ClN5O. The molecule has 2 amide bonds. The van der Waals surface area contributed by atoms with Crippen LogP contribution in [0.4, 0.5) is 10.6 Å². The van der Waals surface area contributed by atoms with Crippen molar-refractivity contribution in [3.63, 3.8) is 0 Å². The molecule has 1 N–H and O–H groups in total. The Morgan fingerprint density at radius 3 is 3.00 bits per heavy atom. The first-order valence-corrected chi connectivity index (χ1v) is 5.90. The first-order valence-electron chi connectivity index (χ1n) is 5.53. The number of nitrogens with zero attached hydrogens (tertiary/aromatic N) is 4. The van der Waals surface area contributed by atoms with Crippen molar-refractivity contribution in [1.82, 2.24) is 20.4 Å². The summed E-state index contributed by atoms with van der Waals surface area (Å²) in [5.41, 5.74) is 0. The second-order valence-corrected chi connectivity index (χ2v) is 4.58. The summed E-state index contributed by atoms with van der Waals surface area (Å²) in [5, 5.41) is 11.1. The van der Waals surface area contributed by atoms with E-state index in [1.54, 1.807) is 6.07 Å². The van der Waals surface area contributed by atoms with Crippen LogP contribution in [-0.4, -0.2) is 53.3 Å². The average Bonchev–Trinajstić information content (AvgIpc) is 2.72. The molecule has 7 heteroatoms. The second kappa shape index (κ2) is 4.03. The van der Waals surface area contributed by atoms with Gasteiger partial charge in [0.15, 0.2) is 11.0 Å². The number of urea groups is 1. The van der Waals surface area contributed by atoms with Crippen molar-refractivity contribution in [2.45, 2.75) is 6.04 Å². The van der Waals surface area contributed by atoms with Crippen molar-refractivity contribution >= 4 is 23.4 Å². The van der Waals surface area contributed by atoms with Gasteiger partial charge in [-0.15, -0.1) is 10.2 Å². The molecular weight excluding hydrogens is 242 g/mol. The Kier molecular flexibility index (Phi) is 2.51. The standard InChI is InChI=1S/C10H12ClN5O/c11-8-1-2-9(14-13-8)15-3-4-16-7(6-15)5-12-10(16)17/h1-2,7H,3-6H2,(H,12,17). The minimum absolute atomic E-state index is 0.0387. The monoisotopic (exact) mass is 253 g/mol. The van der Waals surface area contributed by atoms with Crippen LogP contribution >= 0.6 is 11.6 Å². The first-order chi connectivity index (χ1) is 8.24. The average molecular weight is 254 g/mol. The van der Waals surface area contributed by atoms with Gasteiger partial charge in [0.25, 0.3) is 0 Å². The molecule has 1 unspecified atom stereocenters. The fourth-order valence-corrected chi connectivity index (χ4v) is 2.39. The molecule has 0 bridgehead atoms. The third-order valence-electron chi connectivity index (χ3n) is 3.17. The van der Waals surface area contributed by atoms with E-state index in [9.17, 15) is 4.79 Å². The first kappa shape index (κ1) is 10.6. The van der Waals surface area contributed by atoms with Gasteiger partial charge in [0.05, 0.1) is 6.04 Å². The minimum atomic E-state index is 0.0387. The number of amides is 2. The summed E-state index contributed by atoms with van der Waals surface area (Å²) >= 11 is 5.70. The zero-order valence-corrected chi connectivity index (χ0v) is 9.89. The number of anilines is 1. The number of carbonyl (C=O) groups is 1. The van der Waals surface area contributed by atoms with E-state index in [0.717, 1.165) is 25.5 Å². The van der Waals surface area contributed by atoms with E-state index in [1.807, 2.05) is 11.0 Å². The maximum Gasteiger partial charge on any atom is 0.317 e. The van der Waals surface area contributed by atoms with E-state index in [-0.39, 0.29) is 12.1 Å². The Morgan fingerprint density at radius 2 is 2.24 bits per heavy atom. The van der Waals surface area contributed by atoms with E-state index in [1.165, 1.54) is 0 Å². The number of nitrogens with one attached hydrogen (secondary N) is 1. The molecule has 2 saturated heterocycles. The van der Waals surface area contributed by atoms with Crippen molar-refractivity contribution in [1.29, 1.82) is 0 Å². The molecule has 6 nitrogen and oxygen atoms in total. The molecule has 1 aromatic heterocycles. The predicted octanol–water partition coefficient (Wildman–Crippen LogP) is 0.344. The van der Waals surface area contributed by atoms with E-state index < -0.39 is 0 Å². The summed E-state index contributed by atoms with van der Waals surface area (Å²) < 4.78 is 0. The highest BCUT2D eigenvalue weighted by Gasteiger charge is 2.35. The number of carbonyl (C=O) groups excluding carboxylic acids is 1. The number of hydrogen-bond acceptors (Lipinski definition) is 4. The van der Waals surface area contributed by atoms with Gasteiger partial charge in [-0.25, -0.2) is 4.79 Å². The largest absolute Gasteiger partial charge is 0.351 e. The number of hydrogen-bond donors (Lipinski definition) is 1. The minimum Gasteiger partial charge on any atom is -0.351 e. The van der Waals surface area contributed by atoms with E-state index in [2.05, 4.69) is 20.4 Å².